The highest BCUT2D eigenvalue weighted by atomic mass is 32.2. The van der Waals surface area contributed by atoms with Crippen LogP contribution in [0.3, 0.4) is 0 Å². The van der Waals surface area contributed by atoms with E-state index < -0.39 is 5.92 Å². The monoisotopic (exact) mass is 438 g/mol. The molecule has 1 atom stereocenters. The van der Waals surface area contributed by atoms with Crippen molar-refractivity contribution in [3.05, 3.63) is 70.7 Å². The summed E-state index contributed by atoms with van der Waals surface area (Å²) in [7, 11) is 0. The van der Waals surface area contributed by atoms with Crippen LogP contribution >= 0.6 is 23.1 Å². The molecule has 1 unspecified atom stereocenters. The Morgan fingerprint density at radius 3 is 2.70 bits per heavy atom. The van der Waals surface area contributed by atoms with Gasteiger partial charge in [0.25, 0.3) is 0 Å². The standard InChI is InChI=1S/C22H22N4O2S2/c1-15-7-5-6-10-18(15)26-12-17(11-20(26)27)21(28)23-22-25-24-19(30-22)14-29-13-16-8-3-2-4-9-16/h2-10,17H,11-14H2,1H3,(H,23,25,28). The number of aromatic nitrogens is 2. The fourth-order valence-corrected chi connectivity index (χ4v) is 5.17. The van der Waals surface area contributed by atoms with Crippen molar-refractivity contribution in [3.63, 3.8) is 0 Å². The molecule has 1 aromatic heterocycles. The van der Waals surface area contributed by atoms with Crippen molar-refractivity contribution in [2.45, 2.75) is 24.9 Å². The number of anilines is 2. The molecule has 0 bridgehead atoms. The maximum absolute atomic E-state index is 12.7. The van der Waals surface area contributed by atoms with E-state index in [-0.39, 0.29) is 18.2 Å². The second-order valence-electron chi connectivity index (χ2n) is 7.16. The number of amides is 2. The molecular weight excluding hydrogens is 416 g/mol. The van der Waals surface area contributed by atoms with Crippen molar-refractivity contribution < 1.29 is 9.59 Å². The summed E-state index contributed by atoms with van der Waals surface area (Å²) in [6, 6.07) is 18.0. The molecule has 6 nitrogen and oxygen atoms in total. The largest absolute Gasteiger partial charge is 0.311 e. The van der Waals surface area contributed by atoms with Crippen molar-refractivity contribution in [1.29, 1.82) is 0 Å². The second kappa shape index (κ2) is 9.40. The number of carbonyl (C=O) groups is 2. The van der Waals surface area contributed by atoms with Crippen LogP contribution in [0.4, 0.5) is 10.8 Å². The van der Waals surface area contributed by atoms with Gasteiger partial charge < -0.3 is 10.2 Å². The molecule has 1 saturated heterocycles. The summed E-state index contributed by atoms with van der Waals surface area (Å²) < 4.78 is 0. The molecule has 8 heteroatoms. The van der Waals surface area contributed by atoms with E-state index in [2.05, 4.69) is 27.6 Å². The summed E-state index contributed by atoms with van der Waals surface area (Å²) >= 11 is 3.14. The fourth-order valence-electron chi connectivity index (χ4n) is 3.38. The quantitative estimate of drug-likeness (QED) is 0.596. The van der Waals surface area contributed by atoms with Crippen LogP contribution in [0.25, 0.3) is 0 Å². The minimum absolute atomic E-state index is 0.0280. The first-order chi connectivity index (χ1) is 14.6. The SMILES string of the molecule is Cc1ccccc1N1CC(C(=O)Nc2nnc(CSCc3ccccc3)s2)CC1=O. The van der Waals surface area contributed by atoms with Crippen molar-refractivity contribution >= 4 is 45.7 Å². The highest BCUT2D eigenvalue weighted by molar-refractivity contribution is 7.97. The normalized spacial score (nSPS) is 16.1. The Labute approximate surface area is 183 Å². The van der Waals surface area contributed by atoms with Crippen LogP contribution in [0.5, 0.6) is 0 Å². The van der Waals surface area contributed by atoms with Crippen LogP contribution < -0.4 is 10.2 Å². The number of aryl methyl sites for hydroxylation is 1. The van der Waals surface area contributed by atoms with E-state index in [1.807, 2.05) is 49.4 Å². The van der Waals surface area contributed by atoms with Gasteiger partial charge in [-0.15, -0.1) is 22.0 Å². The van der Waals surface area contributed by atoms with Crippen LogP contribution in [0, 0.1) is 12.8 Å². The first-order valence-electron chi connectivity index (χ1n) is 9.71. The zero-order valence-electron chi connectivity index (χ0n) is 16.6. The Bertz CT molecular complexity index is 1040. The predicted molar refractivity (Wildman–Crippen MR) is 122 cm³/mol. The summed E-state index contributed by atoms with van der Waals surface area (Å²) in [4.78, 5) is 26.8. The zero-order valence-corrected chi connectivity index (χ0v) is 18.2. The molecule has 154 valence electrons. The van der Waals surface area contributed by atoms with E-state index in [4.69, 9.17) is 0 Å². The summed E-state index contributed by atoms with van der Waals surface area (Å²) in [6.07, 6.45) is 0.207. The number of para-hydroxylation sites is 1. The third-order valence-electron chi connectivity index (χ3n) is 4.94. The number of thioether (sulfide) groups is 1. The highest BCUT2D eigenvalue weighted by Crippen LogP contribution is 2.29. The topological polar surface area (TPSA) is 75.2 Å². The van der Waals surface area contributed by atoms with Crippen LogP contribution in [-0.2, 0) is 21.1 Å². The molecule has 1 fully saturated rings. The number of benzene rings is 2. The average molecular weight is 439 g/mol. The lowest BCUT2D eigenvalue weighted by Gasteiger charge is -2.18. The van der Waals surface area contributed by atoms with E-state index >= 15 is 0 Å². The first-order valence-corrected chi connectivity index (χ1v) is 11.7. The van der Waals surface area contributed by atoms with Gasteiger partial charge in [0.15, 0.2) is 0 Å². The molecule has 3 aromatic rings. The van der Waals surface area contributed by atoms with Crippen molar-refractivity contribution in [3.8, 4) is 0 Å². The Hall–Kier alpha value is -2.71. The number of nitrogens with zero attached hydrogens (tertiary/aromatic N) is 3. The predicted octanol–water partition coefficient (Wildman–Crippen LogP) is 4.27. The lowest BCUT2D eigenvalue weighted by atomic mass is 10.1. The van der Waals surface area contributed by atoms with Crippen LogP contribution in [0.2, 0.25) is 0 Å². The van der Waals surface area contributed by atoms with E-state index in [0.29, 0.717) is 11.7 Å². The van der Waals surface area contributed by atoms with Crippen LogP contribution in [0.15, 0.2) is 54.6 Å². The minimum atomic E-state index is -0.392. The molecular formula is C22H22N4O2S2. The van der Waals surface area contributed by atoms with E-state index in [0.717, 1.165) is 27.8 Å². The molecule has 2 aromatic carbocycles. The lowest BCUT2D eigenvalue weighted by Crippen LogP contribution is -2.28. The molecule has 2 heterocycles. The average Bonchev–Trinajstić information content (AvgIpc) is 3.36. The van der Waals surface area contributed by atoms with Gasteiger partial charge in [0, 0.05) is 30.2 Å². The lowest BCUT2D eigenvalue weighted by molar-refractivity contribution is -0.122. The Balaban J connectivity index is 1.30. The molecule has 4 rings (SSSR count). The summed E-state index contributed by atoms with van der Waals surface area (Å²) in [6.45, 7) is 2.35. The molecule has 0 saturated carbocycles. The van der Waals surface area contributed by atoms with Gasteiger partial charge in [-0.1, -0.05) is 59.9 Å². The van der Waals surface area contributed by atoms with Crippen molar-refractivity contribution in [1.82, 2.24) is 10.2 Å². The van der Waals surface area contributed by atoms with Gasteiger partial charge in [0.05, 0.1) is 5.92 Å². The maximum atomic E-state index is 12.7. The van der Waals surface area contributed by atoms with Gasteiger partial charge in [-0.05, 0) is 24.1 Å². The van der Waals surface area contributed by atoms with Gasteiger partial charge >= 0.3 is 0 Å². The van der Waals surface area contributed by atoms with Crippen molar-refractivity contribution in [2.24, 2.45) is 5.92 Å². The number of nitrogens with one attached hydrogen (secondary N) is 1. The molecule has 1 N–H and O–H groups in total. The summed E-state index contributed by atoms with van der Waals surface area (Å²) in [5.41, 5.74) is 3.16. The summed E-state index contributed by atoms with van der Waals surface area (Å²) in [5, 5.41) is 12.5. The number of carbonyl (C=O) groups excluding carboxylic acids is 2. The van der Waals surface area contributed by atoms with Gasteiger partial charge in [0.1, 0.15) is 5.01 Å². The smallest absolute Gasteiger partial charge is 0.231 e. The Kier molecular flexibility index (Phi) is 6.44. The molecule has 2 amide bonds. The van der Waals surface area contributed by atoms with E-state index in [1.165, 1.54) is 16.9 Å². The summed E-state index contributed by atoms with van der Waals surface area (Å²) in [5.74, 6) is 1.04. The number of rotatable bonds is 7. The third kappa shape index (κ3) is 4.88. The fraction of sp³-hybridized carbons (Fsp3) is 0.273. The third-order valence-corrected chi connectivity index (χ3v) is 6.97. The molecule has 1 aliphatic heterocycles. The first kappa shape index (κ1) is 20.6. The molecule has 0 radical (unpaired) electrons. The number of hydrogen-bond acceptors (Lipinski definition) is 6. The van der Waals surface area contributed by atoms with Crippen molar-refractivity contribution in [2.75, 3.05) is 16.8 Å². The number of hydrogen-bond donors (Lipinski definition) is 1. The molecule has 1 aliphatic rings. The second-order valence-corrected chi connectivity index (χ2v) is 9.21. The molecule has 0 aliphatic carbocycles. The maximum Gasteiger partial charge on any atom is 0.231 e. The van der Waals surface area contributed by atoms with Crippen LogP contribution in [-0.4, -0.2) is 28.6 Å². The minimum Gasteiger partial charge on any atom is -0.311 e. The van der Waals surface area contributed by atoms with Gasteiger partial charge in [-0.25, -0.2) is 0 Å². The van der Waals surface area contributed by atoms with Crippen LogP contribution in [0.1, 0.15) is 22.6 Å². The van der Waals surface area contributed by atoms with Gasteiger partial charge in [-0.3, -0.25) is 9.59 Å². The Morgan fingerprint density at radius 2 is 1.90 bits per heavy atom. The Morgan fingerprint density at radius 1 is 1.13 bits per heavy atom. The molecule has 30 heavy (non-hydrogen) atoms. The highest BCUT2D eigenvalue weighted by Gasteiger charge is 2.35. The van der Waals surface area contributed by atoms with E-state index in [9.17, 15) is 9.59 Å². The van der Waals surface area contributed by atoms with Gasteiger partial charge in [-0.2, -0.15) is 0 Å². The molecule has 0 spiro atoms. The van der Waals surface area contributed by atoms with Gasteiger partial charge in [0.2, 0.25) is 16.9 Å². The van der Waals surface area contributed by atoms with E-state index in [1.54, 1.807) is 16.7 Å². The zero-order chi connectivity index (χ0) is 20.9.